The molecule has 0 saturated carbocycles. The van der Waals surface area contributed by atoms with E-state index in [1.807, 2.05) is 17.8 Å². The number of hydrogen-bond donors (Lipinski definition) is 1. The normalized spacial score (nSPS) is 12.8. The van der Waals surface area contributed by atoms with Crippen molar-refractivity contribution in [3.63, 3.8) is 0 Å². The zero-order valence-corrected chi connectivity index (χ0v) is 9.12. The summed E-state index contributed by atoms with van der Waals surface area (Å²) in [5.74, 6) is 1.26. The lowest BCUT2D eigenvalue weighted by Gasteiger charge is -2.15. The fourth-order valence-electron chi connectivity index (χ4n) is 1.22. The van der Waals surface area contributed by atoms with Gasteiger partial charge in [-0.2, -0.15) is 11.8 Å². The van der Waals surface area contributed by atoms with Gasteiger partial charge in [-0.1, -0.05) is 13.0 Å². The maximum absolute atomic E-state index is 3.74. The third kappa shape index (κ3) is 6.74. The topological polar surface area (TPSA) is 12.0 Å². The smallest absolute Gasteiger partial charge is 0.00777 e. The quantitative estimate of drug-likeness (QED) is 0.586. The maximum atomic E-state index is 3.74. The zero-order valence-electron chi connectivity index (χ0n) is 8.31. The molecule has 72 valence electrons. The minimum absolute atomic E-state index is 0.695. The molecule has 1 unspecified atom stereocenters. The van der Waals surface area contributed by atoms with Gasteiger partial charge in [0.15, 0.2) is 0 Å². The molecule has 0 aromatic rings. The first kappa shape index (κ1) is 12.0. The van der Waals surface area contributed by atoms with E-state index in [1.165, 1.54) is 18.6 Å². The van der Waals surface area contributed by atoms with Gasteiger partial charge in [0, 0.05) is 6.04 Å². The minimum atomic E-state index is 0.695. The molecule has 0 heterocycles. The molecule has 1 nitrogen and oxygen atoms in total. The summed E-state index contributed by atoms with van der Waals surface area (Å²) in [5.41, 5.74) is 0. The monoisotopic (exact) mass is 187 g/mol. The summed E-state index contributed by atoms with van der Waals surface area (Å²) in [6, 6.07) is 0.695. The second-order valence-corrected chi connectivity index (χ2v) is 3.89. The fraction of sp³-hybridized carbons (Fsp3) is 0.800. The third-order valence-electron chi connectivity index (χ3n) is 1.88. The number of nitrogens with one attached hydrogen (secondary N) is 1. The summed E-state index contributed by atoms with van der Waals surface area (Å²) in [7, 11) is 0. The van der Waals surface area contributed by atoms with E-state index in [-0.39, 0.29) is 0 Å². The predicted octanol–water partition coefficient (Wildman–Crippen LogP) is 2.68. The van der Waals surface area contributed by atoms with E-state index in [1.54, 1.807) is 0 Å². The Morgan fingerprint density at radius 1 is 1.50 bits per heavy atom. The van der Waals surface area contributed by atoms with Gasteiger partial charge in [-0.25, -0.2) is 0 Å². The van der Waals surface area contributed by atoms with Crippen LogP contribution in [-0.4, -0.2) is 24.6 Å². The number of rotatable bonds is 8. The van der Waals surface area contributed by atoms with Crippen molar-refractivity contribution in [1.82, 2.24) is 5.32 Å². The molecular weight excluding hydrogens is 166 g/mol. The second-order valence-electron chi connectivity index (χ2n) is 2.90. The van der Waals surface area contributed by atoms with Crippen LogP contribution in [0.15, 0.2) is 12.7 Å². The lowest BCUT2D eigenvalue weighted by molar-refractivity contribution is 0.487. The van der Waals surface area contributed by atoms with Crippen molar-refractivity contribution >= 4 is 11.8 Å². The van der Waals surface area contributed by atoms with E-state index in [2.05, 4.69) is 25.1 Å². The Balaban J connectivity index is 3.46. The van der Waals surface area contributed by atoms with Crippen molar-refractivity contribution in [3.05, 3.63) is 12.7 Å². The second kappa shape index (κ2) is 9.14. The molecule has 0 aliphatic rings. The van der Waals surface area contributed by atoms with Crippen molar-refractivity contribution in [1.29, 1.82) is 0 Å². The highest BCUT2D eigenvalue weighted by Gasteiger charge is 2.04. The van der Waals surface area contributed by atoms with Crippen LogP contribution in [0.5, 0.6) is 0 Å². The van der Waals surface area contributed by atoms with Crippen LogP contribution >= 0.6 is 11.8 Å². The van der Waals surface area contributed by atoms with E-state index in [4.69, 9.17) is 0 Å². The molecule has 0 aromatic carbocycles. The molecule has 0 bridgehead atoms. The average molecular weight is 187 g/mol. The molecular formula is C10H21NS. The Morgan fingerprint density at radius 3 is 2.75 bits per heavy atom. The van der Waals surface area contributed by atoms with Crippen LogP contribution in [-0.2, 0) is 0 Å². The fourth-order valence-corrected chi connectivity index (χ4v) is 1.74. The van der Waals surface area contributed by atoms with Crippen molar-refractivity contribution in [3.8, 4) is 0 Å². The maximum Gasteiger partial charge on any atom is 0.00777 e. The van der Waals surface area contributed by atoms with Crippen LogP contribution in [0.1, 0.15) is 26.2 Å². The highest BCUT2D eigenvalue weighted by atomic mass is 32.2. The lowest BCUT2D eigenvalue weighted by atomic mass is 10.1. The van der Waals surface area contributed by atoms with E-state index in [0.29, 0.717) is 6.04 Å². The Hall–Kier alpha value is 0.0500. The molecule has 12 heavy (non-hydrogen) atoms. The Labute approximate surface area is 81.0 Å². The molecule has 0 aromatic heterocycles. The van der Waals surface area contributed by atoms with Crippen molar-refractivity contribution < 1.29 is 0 Å². The van der Waals surface area contributed by atoms with Gasteiger partial charge in [-0.15, -0.1) is 6.58 Å². The van der Waals surface area contributed by atoms with Crippen LogP contribution in [0.2, 0.25) is 0 Å². The minimum Gasteiger partial charge on any atom is -0.314 e. The van der Waals surface area contributed by atoms with Crippen LogP contribution in [0.25, 0.3) is 0 Å². The Bertz CT molecular complexity index is 104. The van der Waals surface area contributed by atoms with E-state index < -0.39 is 0 Å². The van der Waals surface area contributed by atoms with Crippen LogP contribution < -0.4 is 5.32 Å². The van der Waals surface area contributed by atoms with Gasteiger partial charge >= 0.3 is 0 Å². The molecule has 2 heteroatoms. The Kier molecular flexibility index (Phi) is 9.18. The zero-order chi connectivity index (χ0) is 9.23. The number of hydrogen-bond acceptors (Lipinski definition) is 2. The van der Waals surface area contributed by atoms with E-state index in [0.717, 1.165) is 13.0 Å². The summed E-state index contributed by atoms with van der Waals surface area (Å²) in [6.45, 7) is 6.99. The van der Waals surface area contributed by atoms with Gasteiger partial charge in [0.05, 0.1) is 0 Å². The standard InChI is InChI=1S/C10H21NS/c1-4-6-7-10(11-5-2)8-9-12-3/h4,10-11H,1,5-9H2,2-3H3. The molecule has 0 fully saturated rings. The van der Waals surface area contributed by atoms with Crippen molar-refractivity contribution in [2.45, 2.75) is 32.2 Å². The summed E-state index contributed by atoms with van der Waals surface area (Å²) < 4.78 is 0. The van der Waals surface area contributed by atoms with Gasteiger partial charge in [-0.3, -0.25) is 0 Å². The van der Waals surface area contributed by atoms with Crippen molar-refractivity contribution in [2.24, 2.45) is 0 Å². The Morgan fingerprint density at radius 2 is 2.25 bits per heavy atom. The summed E-state index contributed by atoms with van der Waals surface area (Å²) >= 11 is 1.92. The van der Waals surface area contributed by atoms with Crippen LogP contribution in [0.4, 0.5) is 0 Å². The van der Waals surface area contributed by atoms with Gasteiger partial charge in [0.25, 0.3) is 0 Å². The summed E-state index contributed by atoms with van der Waals surface area (Å²) in [5, 5.41) is 3.49. The van der Waals surface area contributed by atoms with Crippen LogP contribution in [0.3, 0.4) is 0 Å². The molecule has 1 atom stereocenters. The first-order valence-electron chi connectivity index (χ1n) is 4.68. The third-order valence-corrected chi connectivity index (χ3v) is 2.53. The number of thioether (sulfide) groups is 1. The number of allylic oxidation sites excluding steroid dienone is 1. The largest absolute Gasteiger partial charge is 0.314 e. The molecule has 1 N–H and O–H groups in total. The molecule has 0 saturated heterocycles. The van der Waals surface area contributed by atoms with E-state index in [9.17, 15) is 0 Å². The van der Waals surface area contributed by atoms with Gasteiger partial charge in [0.2, 0.25) is 0 Å². The first-order chi connectivity index (χ1) is 5.85. The molecule has 0 spiro atoms. The van der Waals surface area contributed by atoms with E-state index >= 15 is 0 Å². The SMILES string of the molecule is C=CCCC(CCSC)NCC. The predicted molar refractivity (Wildman–Crippen MR) is 59.9 cm³/mol. The van der Waals surface area contributed by atoms with Crippen molar-refractivity contribution in [2.75, 3.05) is 18.6 Å². The van der Waals surface area contributed by atoms with Crippen LogP contribution in [0, 0.1) is 0 Å². The molecule has 0 aliphatic carbocycles. The highest BCUT2D eigenvalue weighted by molar-refractivity contribution is 7.98. The summed E-state index contributed by atoms with van der Waals surface area (Å²) in [6.07, 6.45) is 7.81. The van der Waals surface area contributed by atoms with Gasteiger partial charge < -0.3 is 5.32 Å². The summed E-state index contributed by atoms with van der Waals surface area (Å²) in [4.78, 5) is 0. The molecule has 0 rings (SSSR count). The average Bonchev–Trinajstić information content (AvgIpc) is 2.10. The highest BCUT2D eigenvalue weighted by Crippen LogP contribution is 2.06. The first-order valence-corrected chi connectivity index (χ1v) is 6.07. The molecule has 0 aliphatic heterocycles. The molecule has 0 amide bonds. The van der Waals surface area contributed by atoms with Gasteiger partial charge in [0.1, 0.15) is 0 Å². The van der Waals surface area contributed by atoms with Gasteiger partial charge in [-0.05, 0) is 37.8 Å². The molecule has 0 radical (unpaired) electrons. The lowest BCUT2D eigenvalue weighted by Crippen LogP contribution is -2.29.